The van der Waals surface area contributed by atoms with Crippen molar-refractivity contribution in [3.63, 3.8) is 0 Å². The Kier molecular flexibility index (Phi) is 5.70. The van der Waals surface area contributed by atoms with Crippen molar-refractivity contribution in [3.8, 4) is 11.8 Å². The fraction of sp³-hybridized carbons (Fsp3) is 0.353. The van der Waals surface area contributed by atoms with E-state index in [0.717, 1.165) is 22.2 Å². The summed E-state index contributed by atoms with van der Waals surface area (Å²) in [6.45, 7) is 1.64. The maximum absolute atomic E-state index is 12.3. The van der Waals surface area contributed by atoms with Crippen LogP contribution >= 0.6 is 15.9 Å². The molecule has 1 fully saturated rings. The van der Waals surface area contributed by atoms with E-state index >= 15 is 0 Å². The molecule has 0 saturated carbocycles. The number of hydrogen-bond acceptors (Lipinski definition) is 5. The summed E-state index contributed by atoms with van der Waals surface area (Å²) in [6, 6.07) is 7.84. The smallest absolute Gasteiger partial charge is 0.317 e. The fourth-order valence-electron chi connectivity index (χ4n) is 2.55. The standard InChI is InChI=1S/C17H19BrN4O3/c1-24-14-4-2-12(3-5-14)8-21-17(23)22-7-6-15(11-22)25-16-19-9-13(18)10-20-16/h2-5,9-10,15H,6-8,11H2,1H3,(H,21,23). The average Bonchev–Trinajstić information content (AvgIpc) is 3.10. The number of hydrogen-bond donors (Lipinski definition) is 1. The van der Waals surface area contributed by atoms with Gasteiger partial charge in [0.2, 0.25) is 0 Å². The third-order valence-electron chi connectivity index (χ3n) is 3.90. The molecule has 7 nitrogen and oxygen atoms in total. The number of carbonyl (C=O) groups is 1. The number of amides is 2. The van der Waals surface area contributed by atoms with E-state index < -0.39 is 0 Å². The van der Waals surface area contributed by atoms with Gasteiger partial charge in [0.1, 0.15) is 11.9 Å². The van der Waals surface area contributed by atoms with Crippen molar-refractivity contribution in [2.75, 3.05) is 20.2 Å². The zero-order valence-corrected chi connectivity index (χ0v) is 15.4. The lowest BCUT2D eigenvalue weighted by Crippen LogP contribution is -2.39. The zero-order valence-electron chi connectivity index (χ0n) is 13.8. The van der Waals surface area contributed by atoms with Crippen LogP contribution in [-0.2, 0) is 6.54 Å². The maximum atomic E-state index is 12.3. The van der Waals surface area contributed by atoms with Crippen molar-refractivity contribution >= 4 is 22.0 Å². The molecule has 0 radical (unpaired) electrons. The molecule has 2 heterocycles. The topological polar surface area (TPSA) is 76.6 Å². The number of benzene rings is 1. The van der Waals surface area contributed by atoms with Crippen LogP contribution in [0.5, 0.6) is 11.8 Å². The van der Waals surface area contributed by atoms with Gasteiger partial charge in [-0.2, -0.15) is 0 Å². The predicted molar refractivity (Wildman–Crippen MR) is 95.6 cm³/mol. The zero-order chi connectivity index (χ0) is 17.6. The molecule has 1 N–H and O–H groups in total. The van der Waals surface area contributed by atoms with Gasteiger partial charge in [-0.15, -0.1) is 0 Å². The van der Waals surface area contributed by atoms with Gasteiger partial charge in [0.05, 0.1) is 18.1 Å². The van der Waals surface area contributed by atoms with Gasteiger partial charge in [-0.1, -0.05) is 12.1 Å². The van der Waals surface area contributed by atoms with E-state index in [-0.39, 0.29) is 12.1 Å². The van der Waals surface area contributed by atoms with Gasteiger partial charge < -0.3 is 19.7 Å². The van der Waals surface area contributed by atoms with Gasteiger partial charge >= 0.3 is 12.0 Å². The molecule has 1 unspecified atom stereocenters. The largest absolute Gasteiger partial charge is 0.497 e. The molecule has 0 bridgehead atoms. The number of halogens is 1. The van der Waals surface area contributed by atoms with Crippen LogP contribution < -0.4 is 14.8 Å². The first kappa shape index (κ1) is 17.5. The third-order valence-corrected chi connectivity index (χ3v) is 4.31. The molecule has 1 aliphatic rings. The molecule has 2 amide bonds. The van der Waals surface area contributed by atoms with E-state index in [2.05, 4.69) is 31.2 Å². The number of nitrogens with zero attached hydrogens (tertiary/aromatic N) is 3. The minimum atomic E-state index is -0.0985. The normalized spacial score (nSPS) is 16.6. The Morgan fingerprint density at radius 2 is 2.04 bits per heavy atom. The number of carbonyl (C=O) groups excluding carboxylic acids is 1. The van der Waals surface area contributed by atoms with Crippen molar-refractivity contribution in [3.05, 3.63) is 46.7 Å². The SMILES string of the molecule is COc1ccc(CNC(=O)N2CCC(Oc3ncc(Br)cn3)C2)cc1. The van der Waals surface area contributed by atoms with Crippen LogP contribution in [0.4, 0.5) is 4.79 Å². The van der Waals surface area contributed by atoms with Crippen LogP contribution in [0.15, 0.2) is 41.1 Å². The Hall–Kier alpha value is -2.35. The predicted octanol–water partition coefficient (Wildman–Crippen LogP) is 2.61. The Morgan fingerprint density at radius 1 is 1.32 bits per heavy atom. The Bertz CT molecular complexity index is 709. The summed E-state index contributed by atoms with van der Waals surface area (Å²) < 4.78 is 11.6. The number of aromatic nitrogens is 2. The van der Waals surface area contributed by atoms with E-state index in [1.165, 1.54) is 0 Å². The van der Waals surface area contributed by atoms with Gasteiger partial charge in [-0.25, -0.2) is 14.8 Å². The summed E-state index contributed by atoms with van der Waals surface area (Å²) in [4.78, 5) is 22.2. The molecule has 132 valence electrons. The highest BCUT2D eigenvalue weighted by Gasteiger charge is 2.28. The fourth-order valence-corrected chi connectivity index (χ4v) is 2.76. The maximum Gasteiger partial charge on any atom is 0.317 e. The van der Waals surface area contributed by atoms with Gasteiger partial charge in [0.25, 0.3) is 0 Å². The first-order valence-electron chi connectivity index (χ1n) is 7.94. The number of methoxy groups -OCH3 is 1. The Balaban J connectivity index is 1.46. The quantitative estimate of drug-likeness (QED) is 0.825. The van der Waals surface area contributed by atoms with Crippen molar-refractivity contribution in [2.24, 2.45) is 0 Å². The molecular weight excluding hydrogens is 388 g/mol. The summed E-state index contributed by atoms with van der Waals surface area (Å²) in [6.07, 6.45) is 3.94. The molecule has 1 saturated heterocycles. The summed E-state index contributed by atoms with van der Waals surface area (Å²) in [5, 5.41) is 2.92. The molecule has 25 heavy (non-hydrogen) atoms. The highest BCUT2D eigenvalue weighted by molar-refractivity contribution is 9.10. The van der Waals surface area contributed by atoms with Gasteiger partial charge in [-0.05, 0) is 33.6 Å². The number of ether oxygens (including phenoxy) is 2. The number of nitrogens with one attached hydrogen (secondary N) is 1. The Morgan fingerprint density at radius 3 is 2.72 bits per heavy atom. The van der Waals surface area contributed by atoms with Gasteiger partial charge in [0.15, 0.2) is 0 Å². The van der Waals surface area contributed by atoms with Crippen molar-refractivity contribution < 1.29 is 14.3 Å². The van der Waals surface area contributed by atoms with Crippen molar-refractivity contribution in [2.45, 2.75) is 19.1 Å². The van der Waals surface area contributed by atoms with E-state index in [1.807, 2.05) is 24.3 Å². The summed E-state index contributed by atoms with van der Waals surface area (Å²) in [5.74, 6) is 0.796. The first-order valence-corrected chi connectivity index (χ1v) is 8.73. The second-order valence-corrected chi connectivity index (χ2v) is 6.58. The average molecular weight is 407 g/mol. The lowest BCUT2D eigenvalue weighted by molar-refractivity contribution is 0.178. The molecule has 3 rings (SSSR count). The number of likely N-dealkylation sites (tertiary alicyclic amines) is 1. The number of rotatable bonds is 5. The van der Waals surface area contributed by atoms with Gasteiger partial charge in [0, 0.05) is 31.9 Å². The van der Waals surface area contributed by atoms with E-state index in [9.17, 15) is 4.79 Å². The second kappa shape index (κ2) is 8.15. The molecule has 0 spiro atoms. The Labute approximate surface area is 154 Å². The van der Waals surface area contributed by atoms with Crippen molar-refractivity contribution in [1.29, 1.82) is 0 Å². The molecule has 1 aliphatic heterocycles. The minimum absolute atomic E-state index is 0.0899. The summed E-state index contributed by atoms with van der Waals surface area (Å²) >= 11 is 3.28. The third kappa shape index (κ3) is 4.82. The van der Waals surface area contributed by atoms with E-state index in [4.69, 9.17) is 9.47 Å². The lowest BCUT2D eigenvalue weighted by atomic mass is 10.2. The van der Waals surface area contributed by atoms with Crippen LogP contribution in [0.3, 0.4) is 0 Å². The van der Waals surface area contributed by atoms with Crippen LogP contribution in [0.2, 0.25) is 0 Å². The van der Waals surface area contributed by atoms with Crippen LogP contribution in [-0.4, -0.2) is 47.2 Å². The highest BCUT2D eigenvalue weighted by Crippen LogP contribution is 2.16. The summed E-state index contributed by atoms with van der Waals surface area (Å²) in [5.41, 5.74) is 1.02. The van der Waals surface area contributed by atoms with Crippen LogP contribution in [0.25, 0.3) is 0 Å². The molecule has 2 aromatic rings. The van der Waals surface area contributed by atoms with Crippen LogP contribution in [0, 0.1) is 0 Å². The monoisotopic (exact) mass is 406 g/mol. The molecule has 1 aromatic heterocycles. The van der Waals surface area contributed by atoms with Crippen molar-refractivity contribution in [1.82, 2.24) is 20.2 Å². The molecule has 8 heteroatoms. The molecular formula is C17H19BrN4O3. The van der Waals surface area contributed by atoms with E-state index in [0.29, 0.717) is 25.6 Å². The second-order valence-electron chi connectivity index (χ2n) is 5.67. The van der Waals surface area contributed by atoms with Gasteiger partial charge in [-0.3, -0.25) is 0 Å². The van der Waals surface area contributed by atoms with E-state index in [1.54, 1.807) is 24.4 Å². The lowest BCUT2D eigenvalue weighted by Gasteiger charge is -2.17. The minimum Gasteiger partial charge on any atom is -0.497 e. The first-order chi connectivity index (χ1) is 12.1. The van der Waals surface area contributed by atoms with Crippen LogP contribution in [0.1, 0.15) is 12.0 Å². The molecule has 0 aliphatic carbocycles. The molecule has 1 aromatic carbocycles. The highest BCUT2D eigenvalue weighted by atomic mass is 79.9. The number of urea groups is 1. The summed E-state index contributed by atoms with van der Waals surface area (Å²) in [7, 11) is 1.63. The molecule has 1 atom stereocenters.